The first-order chi connectivity index (χ1) is 8.02. The molecule has 0 radical (unpaired) electrons. The number of nitrogens with zero attached hydrogens (tertiary/aromatic N) is 1. The highest BCUT2D eigenvalue weighted by atomic mass is 35.5. The number of rotatable bonds is 5. The van der Waals surface area contributed by atoms with Crippen LogP contribution in [0.15, 0.2) is 12.1 Å². The van der Waals surface area contributed by atoms with E-state index in [-0.39, 0.29) is 12.5 Å². The zero-order valence-corrected chi connectivity index (χ0v) is 10.8. The SMILES string of the molecule is CCCC(O)CNC(=O)c1cc(C)nc(Cl)c1. The molecule has 1 rings (SSSR count). The molecule has 4 nitrogen and oxygen atoms in total. The fraction of sp³-hybridized carbons (Fsp3) is 0.500. The van der Waals surface area contributed by atoms with Gasteiger partial charge in [-0.15, -0.1) is 0 Å². The minimum absolute atomic E-state index is 0.243. The van der Waals surface area contributed by atoms with Gasteiger partial charge < -0.3 is 10.4 Å². The molecule has 94 valence electrons. The van der Waals surface area contributed by atoms with Crippen molar-refractivity contribution < 1.29 is 9.90 Å². The van der Waals surface area contributed by atoms with Crippen LogP contribution in [0.1, 0.15) is 35.8 Å². The minimum atomic E-state index is -0.498. The molecule has 0 spiro atoms. The molecule has 1 amide bonds. The molecular weight excluding hydrogens is 240 g/mol. The van der Waals surface area contributed by atoms with Gasteiger partial charge in [0.25, 0.3) is 5.91 Å². The number of aliphatic hydroxyl groups excluding tert-OH is 1. The van der Waals surface area contributed by atoms with Crippen LogP contribution in [0.2, 0.25) is 5.15 Å². The van der Waals surface area contributed by atoms with Crippen LogP contribution < -0.4 is 5.32 Å². The third-order valence-electron chi connectivity index (χ3n) is 2.30. The van der Waals surface area contributed by atoms with Gasteiger partial charge in [0.1, 0.15) is 5.15 Å². The maximum atomic E-state index is 11.7. The molecule has 1 atom stereocenters. The van der Waals surface area contributed by atoms with Gasteiger partial charge in [-0.05, 0) is 25.5 Å². The smallest absolute Gasteiger partial charge is 0.251 e. The zero-order chi connectivity index (χ0) is 12.8. The average molecular weight is 257 g/mol. The molecule has 0 fully saturated rings. The van der Waals surface area contributed by atoms with E-state index in [4.69, 9.17) is 11.6 Å². The van der Waals surface area contributed by atoms with Crippen molar-refractivity contribution in [2.75, 3.05) is 6.54 Å². The van der Waals surface area contributed by atoms with Crippen molar-refractivity contribution in [2.24, 2.45) is 0 Å². The van der Waals surface area contributed by atoms with Crippen LogP contribution in [0.5, 0.6) is 0 Å². The summed E-state index contributed by atoms with van der Waals surface area (Å²) in [5, 5.41) is 12.5. The number of aromatic nitrogens is 1. The van der Waals surface area contributed by atoms with E-state index in [9.17, 15) is 9.90 Å². The highest BCUT2D eigenvalue weighted by molar-refractivity contribution is 6.29. The van der Waals surface area contributed by atoms with Gasteiger partial charge in [-0.25, -0.2) is 4.98 Å². The van der Waals surface area contributed by atoms with Crippen molar-refractivity contribution in [1.29, 1.82) is 0 Å². The van der Waals surface area contributed by atoms with Crippen LogP contribution in [0.4, 0.5) is 0 Å². The first kappa shape index (κ1) is 13.9. The van der Waals surface area contributed by atoms with Crippen molar-refractivity contribution in [1.82, 2.24) is 10.3 Å². The van der Waals surface area contributed by atoms with Crippen molar-refractivity contribution >= 4 is 17.5 Å². The van der Waals surface area contributed by atoms with Crippen LogP contribution in [-0.4, -0.2) is 28.6 Å². The molecule has 0 saturated heterocycles. The minimum Gasteiger partial charge on any atom is -0.391 e. The summed E-state index contributed by atoms with van der Waals surface area (Å²) in [4.78, 5) is 15.7. The Bertz CT molecular complexity index is 376. The standard InChI is InChI=1S/C12H17ClN2O2/c1-3-4-10(16)7-14-12(17)9-5-8(2)15-11(13)6-9/h5-6,10,16H,3-4,7H2,1-2H3,(H,14,17). The van der Waals surface area contributed by atoms with Gasteiger partial charge in [0.05, 0.1) is 6.10 Å². The molecule has 0 aliphatic heterocycles. The summed E-state index contributed by atoms with van der Waals surface area (Å²) in [7, 11) is 0. The molecule has 1 unspecified atom stereocenters. The lowest BCUT2D eigenvalue weighted by Gasteiger charge is -2.11. The number of nitrogens with one attached hydrogen (secondary N) is 1. The van der Waals surface area contributed by atoms with E-state index >= 15 is 0 Å². The molecule has 0 saturated carbocycles. The molecule has 1 aromatic heterocycles. The van der Waals surface area contributed by atoms with Gasteiger partial charge in [-0.2, -0.15) is 0 Å². The van der Waals surface area contributed by atoms with Gasteiger partial charge in [0, 0.05) is 17.8 Å². The third-order valence-corrected chi connectivity index (χ3v) is 2.50. The summed E-state index contributed by atoms with van der Waals surface area (Å²) >= 11 is 5.77. The van der Waals surface area contributed by atoms with E-state index in [1.807, 2.05) is 6.92 Å². The fourth-order valence-electron chi connectivity index (χ4n) is 1.51. The van der Waals surface area contributed by atoms with Crippen molar-refractivity contribution in [3.05, 3.63) is 28.5 Å². The van der Waals surface area contributed by atoms with Crippen LogP contribution in [0.3, 0.4) is 0 Å². The molecular formula is C12H17ClN2O2. The van der Waals surface area contributed by atoms with Crippen LogP contribution >= 0.6 is 11.6 Å². The molecule has 0 bridgehead atoms. The second kappa shape index (κ2) is 6.57. The summed E-state index contributed by atoms with van der Waals surface area (Å²) in [5.41, 5.74) is 1.16. The van der Waals surface area contributed by atoms with Crippen molar-refractivity contribution in [3.63, 3.8) is 0 Å². The van der Waals surface area contributed by atoms with Gasteiger partial charge in [0.2, 0.25) is 0 Å². The molecule has 2 N–H and O–H groups in total. The molecule has 0 aromatic carbocycles. The summed E-state index contributed by atoms with van der Waals surface area (Å²) in [6.07, 6.45) is 1.07. The van der Waals surface area contributed by atoms with Crippen molar-refractivity contribution in [2.45, 2.75) is 32.8 Å². The van der Waals surface area contributed by atoms with Gasteiger partial charge in [-0.3, -0.25) is 4.79 Å². The van der Waals surface area contributed by atoms with Crippen LogP contribution in [-0.2, 0) is 0 Å². The largest absolute Gasteiger partial charge is 0.391 e. The lowest BCUT2D eigenvalue weighted by Crippen LogP contribution is -2.32. The number of aryl methyl sites for hydroxylation is 1. The predicted molar refractivity (Wildman–Crippen MR) is 67.2 cm³/mol. The Labute approximate surface area is 106 Å². The highest BCUT2D eigenvalue weighted by Crippen LogP contribution is 2.10. The Morgan fingerprint density at radius 3 is 2.88 bits per heavy atom. The summed E-state index contributed by atoms with van der Waals surface area (Å²) in [6.45, 7) is 4.01. The number of carbonyl (C=O) groups excluding carboxylic acids is 1. The monoisotopic (exact) mass is 256 g/mol. The number of hydrogen-bond donors (Lipinski definition) is 2. The van der Waals surface area contributed by atoms with E-state index in [0.29, 0.717) is 22.8 Å². The molecule has 0 aliphatic rings. The molecule has 1 aromatic rings. The number of amides is 1. The van der Waals surface area contributed by atoms with E-state index in [1.54, 1.807) is 13.0 Å². The summed E-state index contributed by atoms with van der Waals surface area (Å²) in [6, 6.07) is 3.17. The second-order valence-electron chi connectivity index (χ2n) is 3.97. The molecule has 1 heterocycles. The number of aliphatic hydroxyl groups is 1. The first-order valence-electron chi connectivity index (χ1n) is 5.63. The van der Waals surface area contributed by atoms with Gasteiger partial charge in [0.15, 0.2) is 0 Å². The Morgan fingerprint density at radius 2 is 2.29 bits per heavy atom. The van der Waals surface area contributed by atoms with Gasteiger partial charge in [-0.1, -0.05) is 24.9 Å². The molecule has 17 heavy (non-hydrogen) atoms. The number of pyridine rings is 1. The van der Waals surface area contributed by atoms with Gasteiger partial charge >= 0.3 is 0 Å². The zero-order valence-electron chi connectivity index (χ0n) is 10.0. The summed E-state index contributed by atoms with van der Waals surface area (Å²) < 4.78 is 0. The second-order valence-corrected chi connectivity index (χ2v) is 4.36. The average Bonchev–Trinajstić information content (AvgIpc) is 2.25. The number of hydrogen-bond acceptors (Lipinski definition) is 3. The lowest BCUT2D eigenvalue weighted by atomic mass is 10.2. The Balaban J connectivity index is 2.58. The van der Waals surface area contributed by atoms with Crippen LogP contribution in [0, 0.1) is 6.92 Å². The molecule has 0 aliphatic carbocycles. The lowest BCUT2D eigenvalue weighted by molar-refractivity contribution is 0.0910. The third kappa shape index (κ3) is 4.71. The summed E-state index contributed by atoms with van der Waals surface area (Å²) in [5.74, 6) is -0.243. The Kier molecular flexibility index (Phi) is 5.38. The topological polar surface area (TPSA) is 62.2 Å². The predicted octanol–water partition coefficient (Wildman–Crippen LogP) is 1.93. The van der Waals surface area contributed by atoms with Crippen molar-refractivity contribution in [3.8, 4) is 0 Å². The number of halogens is 1. The number of carbonyl (C=O) groups is 1. The first-order valence-corrected chi connectivity index (χ1v) is 6.01. The Hall–Kier alpha value is -1.13. The van der Waals surface area contributed by atoms with E-state index in [2.05, 4.69) is 10.3 Å². The maximum Gasteiger partial charge on any atom is 0.251 e. The van der Waals surface area contributed by atoms with E-state index in [1.165, 1.54) is 6.07 Å². The highest BCUT2D eigenvalue weighted by Gasteiger charge is 2.09. The molecule has 5 heteroatoms. The van der Waals surface area contributed by atoms with E-state index < -0.39 is 6.10 Å². The normalized spacial score (nSPS) is 12.2. The quantitative estimate of drug-likeness (QED) is 0.792. The fourth-order valence-corrected chi connectivity index (χ4v) is 1.76. The Morgan fingerprint density at radius 1 is 1.59 bits per heavy atom. The van der Waals surface area contributed by atoms with E-state index in [0.717, 1.165) is 6.42 Å². The maximum absolute atomic E-state index is 11.7. The van der Waals surface area contributed by atoms with Crippen LogP contribution in [0.25, 0.3) is 0 Å².